The van der Waals surface area contributed by atoms with Gasteiger partial charge in [-0.15, -0.1) is 11.3 Å². The number of furan rings is 2. The molecule has 1 unspecified atom stereocenters. The van der Waals surface area contributed by atoms with E-state index in [1.807, 2.05) is 60.8 Å². The van der Waals surface area contributed by atoms with E-state index in [0.29, 0.717) is 19.6 Å². The quantitative estimate of drug-likeness (QED) is 0.649. The van der Waals surface area contributed by atoms with Crippen LogP contribution in [0.3, 0.4) is 0 Å². The normalized spacial score (nSPS) is 12.3. The van der Waals surface area contributed by atoms with E-state index in [2.05, 4.69) is 5.32 Å². The van der Waals surface area contributed by atoms with Crippen LogP contribution in [0.1, 0.15) is 22.4 Å². The number of hydrogen-bond donors (Lipinski definition) is 1. The standard InChI is InChI=1S/C19H23N3O3S/c1-21(2)17(18-8-4-10-25-18)12-20-19(23)22(13-15-6-3-9-24-15)14-16-7-5-11-26-16/h3-11,17H,12-14H2,1-2H3,(H,20,23). The Morgan fingerprint density at radius 2 is 1.92 bits per heavy atom. The van der Waals surface area contributed by atoms with Crippen LogP contribution in [0.5, 0.6) is 0 Å². The zero-order valence-electron chi connectivity index (χ0n) is 14.9. The first-order valence-electron chi connectivity index (χ1n) is 8.41. The molecule has 26 heavy (non-hydrogen) atoms. The molecule has 138 valence electrons. The lowest BCUT2D eigenvalue weighted by Crippen LogP contribution is -2.42. The summed E-state index contributed by atoms with van der Waals surface area (Å²) in [7, 11) is 3.93. The molecule has 3 rings (SSSR count). The summed E-state index contributed by atoms with van der Waals surface area (Å²) in [4.78, 5) is 17.7. The fraction of sp³-hybridized carbons (Fsp3) is 0.316. The van der Waals surface area contributed by atoms with E-state index in [9.17, 15) is 4.79 Å². The van der Waals surface area contributed by atoms with E-state index < -0.39 is 0 Å². The maximum absolute atomic E-state index is 12.8. The highest BCUT2D eigenvalue weighted by Crippen LogP contribution is 2.19. The number of rotatable bonds is 8. The molecule has 0 saturated carbocycles. The highest BCUT2D eigenvalue weighted by atomic mass is 32.1. The van der Waals surface area contributed by atoms with E-state index in [1.54, 1.807) is 28.8 Å². The van der Waals surface area contributed by atoms with Gasteiger partial charge in [-0.3, -0.25) is 4.90 Å². The lowest BCUT2D eigenvalue weighted by atomic mass is 10.2. The monoisotopic (exact) mass is 373 g/mol. The number of hydrogen-bond acceptors (Lipinski definition) is 5. The number of thiophene rings is 1. The minimum atomic E-state index is -0.131. The van der Waals surface area contributed by atoms with Crippen LogP contribution in [0.25, 0.3) is 0 Å². The summed E-state index contributed by atoms with van der Waals surface area (Å²) in [5.41, 5.74) is 0. The molecule has 0 spiro atoms. The van der Waals surface area contributed by atoms with Gasteiger partial charge in [0.05, 0.1) is 31.7 Å². The summed E-state index contributed by atoms with van der Waals surface area (Å²) in [5, 5.41) is 5.04. The second-order valence-corrected chi connectivity index (χ2v) is 7.23. The number of carbonyl (C=O) groups is 1. The highest BCUT2D eigenvalue weighted by Gasteiger charge is 2.21. The van der Waals surface area contributed by atoms with E-state index >= 15 is 0 Å². The molecule has 0 aliphatic rings. The zero-order chi connectivity index (χ0) is 18.4. The van der Waals surface area contributed by atoms with Crippen molar-refractivity contribution in [3.8, 4) is 0 Å². The van der Waals surface area contributed by atoms with Gasteiger partial charge in [0.15, 0.2) is 0 Å². The zero-order valence-corrected chi connectivity index (χ0v) is 15.7. The predicted molar refractivity (Wildman–Crippen MR) is 101 cm³/mol. The van der Waals surface area contributed by atoms with Crippen molar-refractivity contribution in [2.24, 2.45) is 0 Å². The molecule has 0 bridgehead atoms. The van der Waals surface area contributed by atoms with Gasteiger partial charge in [-0.1, -0.05) is 6.07 Å². The first kappa shape index (κ1) is 18.3. The number of urea groups is 1. The Morgan fingerprint density at radius 1 is 1.12 bits per heavy atom. The van der Waals surface area contributed by atoms with E-state index in [1.165, 1.54) is 0 Å². The molecular formula is C19H23N3O3S. The Kier molecular flexibility index (Phi) is 6.14. The Labute approximate surface area is 157 Å². The summed E-state index contributed by atoms with van der Waals surface area (Å²) in [6, 6.07) is 11.3. The topological polar surface area (TPSA) is 61.9 Å². The minimum Gasteiger partial charge on any atom is -0.468 e. The Morgan fingerprint density at radius 3 is 2.54 bits per heavy atom. The molecule has 3 aromatic rings. The maximum Gasteiger partial charge on any atom is 0.318 e. The molecule has 1 atom stereocenters. The van der Waals surface area contributed by atoms with Crippen LogP contribution in [0.15, 0.2) is 63.1 Å². The molecule has 0 saturated heterocycles. The van der Waals surface area contributed by atoms with Gasteiger partial charge in [-0.25, -0.2) is 4.79 Å². The molecule has 6 nitrogen and oxygen atoms in total. The third-order valence-corrected chi connectivity index (χ3v) is 4.94. The molecular weight excluding hydrogens is 350 g/mol. The van der Waals surface area contributed by atoms with Crippen molar-refractivity contribution in [3.63, 3.8) is 0 Å². The lowest BCUT2D eigenvalue weighted by molar-refractivity contribution is 0.180. The largest absolute Gasteiger partial charge is 0.468 e. The van der Waals surface area contributed by atoms with Gasteiger partial charge in [0.1, 0.15) is 11.5 Å². The smallest absolute Gasteiger partial charge is 0.318 e. The first-order chi connectivity index (χ1) is 12.6. The molecule has 2 amide bonds. The van der Waals surface area contributed by atoms with Crippen molar-refractivity contribution in [2.75, 3.05) is 20.6 Å². The van der Waals surface area contributed by atoms with Gasteiger partial charge in [-0.05, 0) is 49.8 Å². The molecule has 0 aliphatic heterocycles. The maximum atomic E-state index is 12.8. The van der Waals surface area contributed by atoms with Crippen LogP contribution in [0.2, 0.25) is 0 Å². The van der Waals surface area contributed by atoms with Crippen molar-refractivity contribution in [1.82, 2.24) is 15.1 Å². The van der Waals surface area contributed by atoms with Gasteiger partial charge in [0.25, 0.3) is 0 Å². The molecule has 1 N–H and O–H groups in total. The number of likely N-dealkylation sites (N-methyl/N-ethyl adjacent to an activating group) is 1. The van der Waals surface area contributed by atoms with Crippen molar-refractivity contribution < 1.29 is 13.6 Å². The fourth-order valence-electron chi connectivity index (χ4n) is 2.70. The fourth-order valence-corrected chi connectivity index (χ4v) is 3.41. The predicted octanol–water partition coefficient (Wildman–Crippen LogP) is 3.95. The summed E-state index contributed by atoms with van der Waals surface area (Å²) in [6.07, 6.45) is 3.27. The molecule has 0 radical (unpaired) electrons. The van der Waals surface area contributed by atoms with Crippen LogP contribution in [0, 0.1) is 0 Å². The van der Waals surface area contributed by atoms with Gasteiger partial charge >= 0.3 is 6.03 Å². The molecule has 3 heterocycles. The number of nitrogens with one attached hydrogen (secondary N) is 1. The second kappa shape index (κ2) is 8.73. The highest BCUT2D eigenvalue weighted by molar-refractivity contribution is 7.09. The summed E-state index contributed by atoms with van der Waals surface area (Å²) >= 11 is 1.63. The number of nitrogens with zero attached hydrogens (tertiary/aromatic N) is 2. The number of carbonyl (C=O) groups excluding carboxylic acids is 1. The summed E-state index contributed by atoms with van der Waals surface area (Å²) in [6.45, 7) is 1.42. The summed E-state index contributed by atoms with van der Waals surface area (Å²) < 4.78 is 10.9. The van der Waals surface area contributed by atoms with Crippen LogP contribution >= 0.6 is 11.3 Å². The minimum absolute atomic E-state index is 0.0267. The molecule has 7 heteroatoms. The first-order valence-corrected chi connectivity index (χ1v) is 9.29. The number of amides is 2. The van der Waals surface area contributed by atoms with Crippen molar-refractivity contribution >= 4 is 17.4 Å². The van der Waals surface area contributed by atoms with E-state index in [-0.39, 0.29) is 12.1 Å². The Balaban J connectivity index is 1.66. The van der Waals surface area contributed by atoms with Gasteiger partial charge in [0, 0.05) is 11.4 Å². The summed E-state index contributed by atoms with van der Waals surface area (Å²) in [5.74, 6) is 1.58. The van der Waals surface area contributed by atoms with Gasteiger partial charge in [-0.2, -0.15) is 0 Å². The average molecular weight is 373 g/mol. The molecule has 3 aromatic heterocycles. The third-order valence-electron chi connectivity index (χ3n) is 4.08. The van der Waals surface area contributed by atoms with Crippen LogP contribution in [-0.2, 0) is 13.1 Å². The Bertz CT molecular complexity index is 731. The van der Waals surface area contributed by atoms with Crippen LogP contribution < -0.4 is 5.32 Å². The average Bonchev–Trinajstić information content (AvgIpc) is 3.38. The second-order valence-electron chi connectivity index (χ2n) is 6.20. The molecule has 0 aromatic carbocycles. The SMILES string of the molecule is CN(C)C(CNC(=O)N(Cc1ccco1)Cc1cccs1)c1ccco1. The molecule has 0 fully saturated rings. The Hall–Kier alpha value is -2.51. The van der Waals surface area contributed by atoms with Gasteiger partial charge < -0.3 is 19.1 Å². The van der Waals surface area contributed by atoms with Crippen molar-refractivity contribution in [2.45, 2.75) is 19.1 Å². The third kappa shape index (κ3) is 4.77. The van der Waals surface area contributed by atoms with Crippen molar-refractivity contribution in [3.05, 3.63) is 70.7 Å². The van der Waals surface area contributed by atoms with E-state index in [0.717, 1.165) is 16.4 Å². The lowest BCUT2D eigenvalue weighted by Gasteiger charge is -2.26. The molecule has 0 aliphatic carbocycles. The van der Waals surface area contributed by atoms with E-state index in [4.69, 9.17) is 8.83 Å². The van der Waals surface area contributed by atoms with Crippen LogP contribution in [0.4, 0.5) is 4.79 Å². The van der Waals surface area contributed by atoms with Crippen molar-refractivity contribution in [1.29, 1.82) is 0 Å². The van der Waals surface area contributed by atoms with Crippen LogP contribution in [-0.4, -0.2) is 36.5 Å². The van der Waals surface area contributed by atoms with Gasteiger partial charge in [0.2, 0.25) is 0 Å².